The second-order valence-electron chi connectivity index (χ2n) is 2.97. The first kappa shape index (κ1) is 8.44. The van der Waals surface area contributed by atoms with Crippen molar-refractivity contribution in [2.45, 2.75) is 11.3 Å². The number of rotatable bonds is 0. The molecular formula is C9H10N2OS. The summed E-state index contributed by atoms with van der Waals surface area (Å²) in [6.07, 6.45) is 0.561. The number of fused-ring (bicyclic) bond motifs is 1. The second kappa shape index (κ2) is 2.96. The minimum absolute atomic E-state index is 0.110. The van der Waals surface area contributed by atoms with E-state index in [1.807, 2.05) is 0 Å². The van der Waals surface area contributed by atoms with E-state index in [0.29, 0.717) is 23.4 Å². The number of nitrogens with two attached hydrogens (primary N) is 2. The predicted molar refractivity (Wildman–Crippen MR) is 54.9 cm³/mol. The Labute approximate surface area is 80.5 Å². The van der Waals surface area contributed by atoms with Gasteiger partial charge < -0.3 is 11.5 Å². The Bertz CT molecular complexity index is 376. The van der Waals surface area contributed by atoms with Gasteiger partial charge in [0.2, 0.25) is 0 Å². The highest BCUT2D eigenvalue weighted by Gasteiger charge is 2.21. The van der Waals surface area contributed by atoms with Crippen LogP contribution in [0.4, 0.5) is 11.4 Å². The summed E-state index contributed by atoms with van der Waals surface area (Å²) in [7, 11) is 0. The highest BCUT2D eigenvalue weighted by Crippen LogP contribution is 2.37. The summed E-state index contributed by atoms with van der Waals surface area (Å²) in [5.74, 6) is 0.915. The fourth-order valence-corrected chi connectivity index (χ4v) is 2.53. The number of carbonyl (C=O) groups is 1. The lowest BCUT2D eigenvalue weighted by atomic mass is 10.1. The Kier molecular flexibility index (Phi) is 1.92. The summed E-state index contributed by atoms with van der Waals surface area (Å²) in [4.78, 5) is 12.4. The van der Waals surface area contributed by atoms with Crippen LogP contribution in [-0.4, -0.2) is 11.5 Å². The van der Waals surface area contributed by atoms with Gasteiger partial charge in [-0.15, -0.1) is 11.8 Å². The first-order valence-corrected chi connectivity index (χ1v) is 5.02. The monoisotopic (exact) mass is 194 g/mol. The lowest BCUT2D eigenvalue weighted by Gasteiger charge is -2.17. The van der Waals surface area contributed by atoms with Crippen molar-refractivity contribution in [3.63, 3.8) is 0 Å². The lowest BCUT2D eigenvalue weighted by Crippen LogP contribution is -2.12. The molecule has 0 fully saturated rings. The normalized spacial score (nSPS) is 15.5. The van der Waals surface area contributed by atoms with E-state index in [4.69, 9.17) is 11.5 Å². The van der Waals surface area contributed by atoms with Gasteiger partial charge in [-0.25, -0.2) is 0 Å². The molecule has 0 unspecified atom stereocenters. The largest absolute Gasteiger partial charge is 0.398 e. The van der Waals surface area contributed by atoms with Crippen LogP contribution >= 0.6 is 11.8 Å². The maximum absolute atomic E-state index is 11.5. The molecule has 1 aromatic rings. The molecule has 0 aliphatic carbocycles. The van der Waals surface area contributed by atoms with E-state index < -0.39 is 0 Å². The number of hydrogen-bond donors (Lipinski definition) is 2. The standard InChI is InChI=1S/C9H10N2OS/c10-5-1-2-6(11)9-8(5)7(12)3-4-13-9/h1-2H,3-4,10-11H2. The molecule has 1 heterocycles. The molecule has 0 aromatic heterocycles. The number of benzene rings is 1. The molecule has 0 spiro atoms. The summed E-state index contributed by atoms with van der Waals surface area (Å²) in [5, 5.41) is 0. The molecule has 1 aliphatic heterocycles. The Morgan fingerprint density at radius 3 is 2.62 bits per heavy atom. The van der Waals surface area contributed by atoms with Crippen molar-refractivity contribution in [1.29, 1.82) is 0 Å². The molecule has 1 aromatic carbocycles. The Balaban J connectivity index is 2.67. The maximum Gasteiger partial charge on any atom is 0.166 e. The van der Waals surface area contributed by atoms with E-state index in [1.54, 1.807) is 23.9 Å². The summed E-state index contributed by atoms with van der Waals surface area (Å²) in [6, 6.07) is 3.44. The molecule has 0 saturated carbocycles. The van der Waals surface area contributed by atoms with Gasteiger partial charge in [0.15, 0.2) is 5.78 Å². The lowest BCUT2D eigenvalue weighted by molar-refractivity contribution is 0.0986. The van der Waals surface area contributed by atoms with Gasteiger partial charge in [0, 0.05) is 28.4 Å². The third kappa shape index (κ3) is 1.27. The molecule has 13 heavy (non-hydrogen) atoms. The van der Waals surface area contributed by atoms with Crippen LogP contribution < -0.4 is 11.5 Å². The summed E-state index contributed by atoms with van der Waals surface area (Å²) in [6.45, 7) is 0. The van der Waals surface area contributed by atoms with E-state index in [-0.39, 0.29) is 5.78 Å². The van der Waals surface area contributed by atoms with Crippen molar-refractivity contribution in [2.75, 3.05) is 17.2 Å². The molecule has 4 N–H and O–H groups in total. The smallest absolute Gasteiger partial charge is 0.166 e. The average Bonchev–Trinajstić information content (AvgIpc) is 2.12. The fraction of sp³-hybridized carbons (Fsp3) is 0.222. The predicted octanol–water partition coefficient (Wildman–Crippen LogP) is 1.53. The summed E-state index contributed by atoms with van der Waals surface area (Å²) >= 11 is 1.61. The molecule has 2 rings (SSSR count). The molecule has 68 valence electrons. The van der Waals surface area contributed by atoms with E-state index in [1.165, 1.54) is 0 Å². The molecule has 0 atom stereocenters. The Morgan fingerprint density at radius 1 is 1.23 bits per heavy atom. The molecule has 0 saturated heterocycles. The minimum Gasteiger partial charge on any atom is -0.398 e. The second-order valence-corrected chi connectivity index (χ2v) is 4.07. The highest BCUT2D eigenvalue weighted by molar-refractivity contribution is 7.99. The molecule has 4 heteroatoms. The summed E-state index contributed by atoms with van der Waals surface area (Å²) < 4.78 is 0. The molecule has 0 bridgehead atoms. The molecular weight excluding hydrogens is 184 g/mol. The van der Waals surface area contributed by atoms with E-state index in [0.717, 1.165) is 10.6 Å². The fourth-order valence-electron chi connectivity index (χ4n) is 1.43. The van der Waals surface area contributed by atoms with Crippen LogP contribution in [0, 0.1) is 0 Å². The zero-order valence-electron chi connectivity index (χ0n) is 7.04. The molecule has 1 aliphatic rings. The SMILES string of the molecule is Nc1ccc(N)c2c1SCCC2=O. The van der Waals surface area contributed by atoms with Gasteiger partial charge in [0.05, 0.1) is 5.56 Å². The van der Waals surface area contributed by atoms with Gasteiger partial charge in [0.1, 0.15) is 0 Å². The molecule has 3 nitrogen and oxygen atoms in total. The molecule has 0 amide bonds. The van der Waals surface area contributed by atoms with Crippen molar-refractivity contribution >= 4 is 28.9 Å². The van der Waals surface area contributed by atoms with Crippen molar-refractivity contribution in [2.24, 2.45) is 0 Å². The van der Waals surface area contributed by atoms with Gasteiger partial charge in [-0.05, 0) is 12.1 Å². The number of thioether (sulfide) groups is 1. The van der Waals surface area contributed by atoms with Crippen molar-refractivity contribution in [3.8, 4) is 0 Å². The van der Waals surface area contributed by atoms with Crippen LogP contribution in [0.1, 0.15) is 16.8 Å². The number of hydrogen-bond acceptors (Lipinski definition) is 4. The zero-order chi connectivity index (χ0) is 9.42. The maximum atomic E-state index is 11.5. The Morgan fingerprint density at radius 2 is 1.92 bits per heavy atom. The van der Waals surface area contributed by atoms with E-state index in [2.05, 4.69) is 0 Å². The third-order valence-electron chi connectivity index (χ3n) is 2.07. The van der Waals surface area contributed by atoms with Crippen LogP contribution in [-0.2, 0) is 0 Å². The number of ketones is 1. The van der Waals surface area contributed by atoms with Crippen LogP contribution in [0.2, 0.25) is 0 Å². The van der Waals surface area contributed by atoms with Gasteiger partial charge in [0.25, 0.3) is 0 Å². The van der Waals surface area contributed by atoms with Gasteiger partial charge in [-0.2, -0.15) is 0 Å². The van der Waals surface area contributed by atoms with Crippen LogP contribution in [0.5, 0.6) is 0 Å². The first-order valence-electron chi connectivity index (χ1n) is 4.04. The first-order chi connectivity index (χ1) is 6.20. The van der Waals surface area contributed by atoms with Crippen LogP contribution in [0.25, 0.3) is 0 Å². The number of anilines is 2. The van der Waals surface area contributed by atoms with Crippen molar-refractivity contribution in [3.05, 3.63) is 17.7 Å². The van der Waals surface area contributed by atoms with Gasteiger partial charge >= 0.3 is 0 Å². The quantitative estimate of drug-likeness (QED) is 0.614. The number of nitrogen functional groups attached to an aromatic ring is 2. The topological polar surface area (TPSA) is 69.1 Å². The number of Topliss-reactive ketones (excluding diaryl/α,β-unsaturated/α-hetero) is 1. The van der Waals surface area contributed by atoms with Crippen molar-refractivity contribution in [1.82, 2.24) is 0 Å². The van der Waals surface area contributed by atoms with Gasteiger partial charge in [-0.1, -0.05) is 0 Å². The van der Waals surface area contributed by atoms with Crippen LogP contribution in [0.15, 0.2) is 17.0 Å². The summed E-state index contributed by atoms with van der Waals surface area (Å²) in [5.41, 5.74) is 13.3. The van der Waals surface area contributed by atoms with E-state index in [9.17, 15) is 4.79 Å². The van der Waals surface area contributed by atoms with Crippen LogP contribution in [0.3, 0.4) is 0 Å². The highest BCUT2D eigenvalue weighted by atomic mass is 32.2. The zero-order valence-corrected chi connectivity index (χ0v) is 7.86. The third-order valence-corrected chi connectivity index (χ3v) is 3.21. The van der Waals surface area contributed by atoms with Crippen molar-refractivity contribution < 1.29 is 4.79 Å². The Hall–Kier alpha value is -1.16. The molecule has 0 radical (unpaired) electrons. The number of carbonyl (C=O) groups excluding carboxylic acids is 1. The van der Waals surface area contributed by atoms with E-state index >= 15 is 0 Å². The van der Waals surface area contributed by atoms with Gasteiger partial charge in [-0.3, -0.25) is 4.79 Å². The minimum atomic E-state index is 0.110. The average molecular weight is 194 g/mol.